The first-order valence-corrected chi connectivity index (χ1v) is 6.17. The number of rotatable bonds is 5. The molecule has 19 heavy (non-hydrogen) atoms. The van der Waals surface area contributed by atoms with Crippen LogP contribution in [0.1, 0.15) is 17.2 Å². The zero-order chi connectivity index (χ0) is 13.7. The Hall–Kier alpha value is -1.69. The second-order valence-corrected chi connectivity index (χ2v) is 4.49. The van der Waals surface area contributed by atoms with E-state index >= 15 is 0 Å². The van der Waals surface area contributed by atoms with Gasteiger partial charge < -0.3 is 4.74 Å². The van der Waals surface area contributed by atoms with Gasteiger partial charge in [-0.05, 0) is 41.8 Å². The summed E-state index contributed by atoms with van der Waals surface area (Å²) in [7, 11) is 1.63. The molecule has 1 heterocycles. The average Bonchev–Trinajstić information content (AvgIpc) is 2.46. The largest absolute Gasteiger partial charge is 0.496 e. The van der Waals surface area contributed by atoms with Crippen LogP contribution < -0.4 is 16.0 Å². The van der Waals surface area contributed by atoms with Gasteiger partial charge in [0.25, 0.3) is 0 Å². The molecule has 2 aromatic rings. The Labute approximate surface area is 116 Å². The van der Waals surface area contributed by atoms with Gasteiger partial charge >= 0.3 is 0 Å². The Morgan fingerprint density at radius 1 is 1.37 bits per heavy atom. The maximum atomic E-state index is 6.02. The molecule has 1 unspecified atom stereocenters. The van der Waals surface area contributed by atoms with Crippen LogP contribution in [0.15, 0.2) is 36.7 Å². The molecule has 0 bridgehead atoms. The third-order valence-electron chi connectivity index (χ3n) is 2.88. The van der Waals surface area contributed by atoms with Crippen LogP contribution >= 0.6 is 11.6 Å². The predicted octanol–water partition coefficient (Wildman–Crippen LogP) is 1.89. The van der Waals surface area contributed by atoms with Crippen LogP contribution in [0.25, 0.3) is 0 Å². The molecule has 1 aromatic carbocycles. The predicted molar refractivity (Wildman–Crippen MR) is 73.8 cm³/mol. The fraction of sp³-hybridized carbons (Fsp3) is 0.231. The van der Waals surface area contributed by atoms with Gasteiger partial charge in [0.1, 0.15) is 5.75 Å². The Morgan fingerprint density at radius 2 is 2.21 bits per heavy atom. The molecule has 0 radical (unpaired) electrons. The van der Waals surface area contributed by atoms with Crippen molar-refractivity contribution in [3.8, 4) is 5.75 Å². The van der Waals surface area contributed by atoms with E-state index in [2.05, 4.69) is 15.6 Å². The molecule has 2 rings (SSSR count). The maximum Gasteiger partial charge on any atom is 0.122 e. The van der Waals surface area contributed by atoms with Crippen molar-refractivity contribution < 1.29 is 4.74 Å². The lowest BCUT2D eigenvalue weighted by molar-refractivity contribution is 0.405. The summed E-state index contributed by atoms with van der Waals surface area (Å²) >= 11 is 6.02. The molecule has 0 saturated carbocycles. The van der Waals surface area contributed by atoms with Gasteiger partial charge in [-0.1, -0.05) is 11.6 Å². The number of benzene rings is 1. The average molecular weight is 279 g/mol. The molecule has 6 heteroatoms. The Kier molecular flexibility index (Phi) is 4.68. The quantitative estimate of drug-likeness (QED) is 0.645. The van der Waals surface area contributed by atoms with Crippen LogP contribution in [0.4, 0.5) is 0 Å². The highest BCUT2D eigenvalue weighted by Crippen LogP contribution is 2.27. The molecular weight excluding hydrogens is 264 g/mol. The maximum absolute atomic E-state index is 6.02. The van der Waals surface area contributed by atoms with E-state index < -0.39 is 0 Å². The normalized spacial score (nSPS) is 12.2. The SMILES string of the molecule is COc1ccc(Cl)cc1CC(NN)c1ccnnc1. The number of aromatic nitrogens is 2. The van der Waals surface area contributed by atoms with E-state index in [4.69, 9.17) is 22.2 Å². The molecule has 0 saturated heterocycles. The minimum Gasteiger partial charge on any atom is -0.496 e. The molecule has 5 nitrogen and oxygen atoms in total. The van der Waals surface area contributed by atoms with E-state index in [1.54, 1.807) is 25.6 Å². The number of hydrazine groups is 1. The van der Waals surface area contributed by atoms with Crippen LogP contribution in [-0.4, -0.2) is 17.3 Å². The van der Waals surface area contributed by atoms with E-state index in [-0.39, 0.29) is 6.04 Å². The molecule has 0 fully saturated rings. The van der Waals surface area contributed by atoms with Crippen molar-refractivity contribution in [2.75, 3.05) is 7.11 Å². The minimum atomic E-state index is -0.0807. The number of nitrogens with two attached hydrogens (primary N) is 1. The third kappa shape index (κ3) is 3.41. The van der Waals surface area contributed by atoms with E-state index in [0.29, 0.717) is 11.4 Å². The summed E-state index contributed by atoms with van der Waals surface area (Å²) < 4.78 is 5.33. The summed E-state index contributed by atoms with van der Waals surface area (Å²) in [6.07, 6.45) is 3.96. The van der Waals surface area contributed by atoms with Crippen LogP contribution in [0.5, 0.6) is 5.75 Å². The number of methoxy groups -OCH3 is 1. The molecule has 0 aliphatic heterocycles. The number of nitrogens with one attached hydrogen (secondary N) is 1. The summed E-state index contributed by atoms with van der Waals surface area (Å²) in [6, 6.07) is 7.30. The Morgan fingerprint density at radius 3 is 2.84 bits per heavy atom. The summed E-state index contributed by atoms with van der Waals surface area (Å²) in [4.78, 5) is 0. The van der Waals surface area contributed by atoms with Crippen molar-refractivity contribution >= 4 is 11.6 Å². The van der Waals surface area contributed by atoms with E-state index in [1.165, 1.54) is 0 Å². The van der Waals surface area contributed by atoms with Crippen molar-refractivity contribution in [1.82, 2.24) is 15.6 Å². The van der Waals surface area contributed by atoms with Gasteiger partial charge in [0.2, 0.25) is 0 Å². The van der Waals surface area contributed by atoms with Gasteiger partial charge in [0, 0.05) is 11.2 Å². The molecule has 0 aliphatic rings. The Balaban J connectivity index is 2.26. The number of nitrogens with zero attached hydrogens (tertiary/aromatic N) is 2. The van der Waals surface area contributed by atoms with Crippen LogP contribution in [0.2, 0.25) is 5.02 Å². The molecule has 0 spiro atoms. The first-order chi connectivity index (χ1) is 9.24. The van der Waals surface area contributed by atoms with Gasteiger partial charge in [0.05, 0.1) is 19.3 Å². The second-order valence-electron chi connectivity index (χ2n) is 4.06. The molecule has 3 N–H and O–H groups in total. The standard InChI is InChI=1S/C13H15ClN4O/c1-19-13-3-2-11(14)6-10(13)7-12(18-15)9-4-5-16-17-8-9/h2-6,8,12,18H,7,15H2,1H3. The Bertz CT molecular complexity index is 535. The van der Waals surface area contributed by atoms with Crippen LogP contribution in [0, 0.1) is 0 Å². The molecule has 100 valence electrons. The lowest BCUT2D eigenvalue weighted by Gasteiger charge is -2.17. The highest BCUT2D eigenvalue weighted by molar-refractivity contribution is 6.30. The van der Waals surface area contributed by atoms with E-state index in [0.717, 1.165) is 16.9 Å². The van der Waals surface area contributed by atoms with Crippen molar-refractivity contribution in [2.45, 2.75) is 12.5 Å². The van der Waals surface area contributed by atoms with Gasteiger partial charge in [-0.2, -0.15) is 10.2 Å². The second kappa shape index (κ2) is 6.47. The molecular formula is C13H15ClN4O. The van der Waals surface area contributed by atoms with E-state index in [9.17, 15) is 0 Å². The summed E-state index contributed by atoms with van der Waals surface area (Å²) in [5.41, 5.74) is 4.71. The monoisotopic (exact) mass is 278 g/mol. The van der Waals surface area contributed by atoms with Crippen molar-refractivity contribution in [3.05, 3.63) is 52.8 Å². The van der Waals surface area contributed by atoms with Crippen molar-refractivity contribution in [1.29, 1.82) is 0 Å². The lowest BCUT2D eigenvalue weighted by atomic mass is 10.0. The van der Waals surface area contributed by atoms with E-state index in [1.807, 2.05) is 18.2 Å². The first-order valence-electron chi connectivity index (χ1n) is 5.79. The number of hydrogen-bond acceptors (Lipinski definition) is 5. The number of hydrogen-bond donors (Lipinski definition) is 2. The van der Waals surface area contributed by atoms with Gasteiger partial charge in [-0.25, -0.2) is 0 Å². The van der Waals surface area contributed by atoms with Gasteiger partial charge in [0.15, 0.2) is 0 Å². The third-order valence-corrected chi connectivity index (χ3v) is 3.11. The van der Waals surface area contributed by atoms with Crippen molar-refractivity contribution in [3.63, 3.8) is 0 Å². The van der Waals surface area contributed by atoms with Gasteiger partial charge in [-0.15, -0.1) is 0 Å². The molecule has 1 atom stereocenters. The van der Waals surface area contributed by atoms with Crippen LogP contribution in [0.3, 0.4) is 0 Å². The zero-order valence-electron chi connectivity index (χ0n) is 10.5. The van der Waals surface area contributed by atoms with Crippen molar-refractivity contribution in [2.24, 2.45) is 5.84 Å². The topological polar surface area (TPSA) is 73.1 Å². The summed E-state index contributed by atoms with van der Waals surface area (Å²) in [5.74, 6) is 6.39. The lowest BCUT2D eigenvalue weighted by Crippen LogP contribution is -2.29. The number of ether oxygens (including phenoxy) is 1. The summed E-state index contributed by atoms with van der Waals surface area (Å²) in [5, 5.41) is 8.27. The highest BCUT2D eigenvalue weighted by atomic mass is 35.5. The molecule has 0 amide bonds. The smallest absolute Gasteiger partial charge is 0.122 e. The zero-order valence-corrected chi connectivity index (χ0v) is 11.3. The fourth-order valence-electron chi connectivity index (χ4n) is 1.91. The minimum absolute atomic E-state index is 0.0807. The number of halogens is 1. The van der Waals surface area contributed by atoms with Gasteiger partial charge in [-0.3, -0.25) is 11.3 Å². The summed E-state index contributed by atoms with van der Waals surface area (Å²) in [6.45, 7) is 0. The molecule has 1 aromatic heterocycles. The van der Waals surface area contributed by atoms with Crippen LogP contribution in [-0.2, 0) is 6.42 Å². The fourth-order valence-corrected chi connectivity index (χ4v) is 2.10. The molecule has 0 aliphatic carbocycles. The first kappa shape index (κ1) is 13.7. The highest BCUT2D eigenvalue weighted by Gasteiger charge is 2.14.